The van der Waals surface area contributed by atoms with E-state index in [1.165, 1.54) is 0 Å². The van der Waals surface area contributed by atoms with E-state index in [1.54, 1.807) is 0 Å². The molecule has 1 amide bonds. The molecular weight excluding hydrogens is 339 g/mol. The number of carbonyl (C=O) groups excluding carboxylic acids is 1. The van der Waals surface area contributed by atoms with E-state index in [-0.39, 0.29) is 24.2 Å². The van der Waals surface area contributed by atoms with E-state index >= 15 is 0 Å². The Morgan fingerprint density at radius 3 is 2.56 bits per heavy atom. The maximum Gasteiger partial charge on any atom is 0.490 e. The van der Waals surface area contributed by atoms with E-state index in [2.05, 4.69) is 45.2 Å². The number of hydrogen-bond donors (Lipinski definition) is 1. The van der Waals surface area contributed by atoms with E-state index in [9.17, 15) is 4.79 Å². The topological polar surface area (TPSA) is 50.8 Å². The van der Waals surface area contributed by atoms with E-state index in [0.717, 1.165) is 48.1 Å². The summed E-state index contributed by atoms with van der Waals surface area (Å²) in [7, 11) is -0.305. The number of carbonyl (C=O) groups is 1. The zero-order valence-corrected chi connectivity index (χ0v) is 16.8. The summed E-state index contributed by atoms with van der Waals surface area (Å²) in [5.41, 5.74) is 3.59. The number of anilines is 1. The fourth-order valence-corrected chi connectivity index (χ4v) is 3.96. The maximum atomic E-state index is 13.1. The summed E-state index contributed by atoms with van der Waals surface area (Å²) in [6, 6.07) is 6.00. The lowest BCUT2D eigenvalue weighted by Gasteiger charge is -2.32. The fourth-order valence-electron chi connectivity index (χ4n) is 3.96. The predicted molar refractivity (Wildman–Crippen MR) is 108 cm³/mol. The van der Waals surface area contributed by atoms with Gasteiger partial charge in [-0.1, -0.05) is 12.1 Å². The molecular formula is C21H29BN2O3. The highest BCUT2D eigenvalue weighted by molar-refractivity contribution is 6.54. The van der Waals surface area contributed by atoms with Crippen molar-refractivity contribution in [3.8, 4) is 0 Å². The first-order valence-corrected chi connectivity index (χ1v) is 9.98. The summed E-state index contributed by atoms with van der Waals surface area (Å²) < 4.78 is 12.3. The fraction of sp³-hybridized carbons (Fsp3) is 0.571. The van der Waals surface area contributed by atoms with Crippen LogP contribution in [0.3, 0.4) is 0 Å². The lowest BCUT2D eigenvalue weighted by molar-refractivity contribution is 0.00578. The van der Waals surface area contributed by atoms with Crippen LogP contribution in [0.25, 0.3) is 0 Å². The highest BCUT2D eigenvalue weighted by atomic mass is 16.7. The van der Waals surface area contributed by atoms with Crippen molar-refractivity contribution < 1.29 is 14.1 Å². The molecule has 1 fully saturated rings. The Hall–Kier alpha value is -1.79. The van der Waals surface area contributed by atoms with Crippen LogP contribution in [0.1, 0.15) is 56.5 Å². The van der Waals surface area contributed by atoms with E-state index in [0.29, 0.717) is 13.1 Å². The molecule has 1 saturated heterocycles. The van der Waals surface area contributed by atoms with Gasteiger partial charge in [0.05, 0.1) is 11.2 Å². The second kappa shape index (κ2) is 6.68. The molecule has 5 nitrogen and oxygen atoms in total. The zero-order chi connectivity index (χ0) is 19.2. The Labute approximate surface area is 162 Å². The third-order valence-corrected chi connectivity index (χ3v) is 6.41. The molecule has 144 valence electrons. The number of benzene rings is 1. The van der Waals surface area contributed by atoms with Crippen LogP contribution in [0.4, 0.5) is 5.69 Å². The Bertz CT molecular complexity index is 772. The summed E-state index contributed by atoms with van der Waals surface area (Å²) in [5, 5.41) is 3.40. The molecule has 1 aromatic carbocycles. The van der Waals surface area contributed by atoms with Crippen molar-refractivity contribution in [3.63, 3.8) is 0 Å². The average molecular weight is 368 g/mol. The zero-order valence-electron chi connectivity index (χ0n) is 16.8. The van der Waals surface area contributed by atoms with Crippen LogP contribution in [-0.4, -0.2) is 48.8 Å². The maximum absolute atomic E-state index is 13.1. The van der Waals surface area contributed by atoms with Crippen molar-refractivity contribution in [3.05, 3.63) is 40.9 Å². The molecule has 3 aliphatic heterocycles. The summed E-state index contributed by atoms with van der Waals surface area (Å²) in [4.78, 5) is 15.0. The Morgan fingerprint density at radius 2 is 1.89 bits per heavy atom. The van der Waals surface area contributed by atoms with Crippen LogP contribution in [0.5, 0.6) is 0 Å². The normalized spacial score (nSPS) is 23.5. The smallest absolute Gasteiger partial charge is 0.400 e. The number of rotatable bonds is 2. The molecule has 0 aliphatic carbocycles. The first-order chi connectivity index (χ1) is 12.8. The van der Waals surface area contributed by atoms with Crippen molar-refractivity contribution in [2.45, 2.75) is 58.2 Å². The SMILES string of the molecule is CC1(C)OB(C2=CCN(C(=O)c3cccc4c3CCCN4)CC2)OC1(C)C. The predicted octanol–water partition coefficient (Wildman–Crippen LogP) is 3.45. The minimum absolute atomic E-state index is 0.125. The van der Waals surface area contributed by atoms with Crippen LogP contribution < -0.4 is 5.32 Å². The van der Waals surface area contributed by atoms with Crippen LogP contribution >= 0.6 is 0 Å². The summed E-state index contributed by atoms with van der Waals surface area (Å²) in [6.45, 7) is 10.6. The van der Waals surface area contributed by atoms with Crippen molar-refractivity contribution in [1.82, 2.24) is 4.90 Å². The number of fused-ring (bicyclic) bond motifs is 1. The van der Waals surface area contributed by atoms with Crippen LogP contribution in [0.15, 0.2) is 29.7 Å². The Kier molecular flexibility index (Phi) is 4.59. The van der Waals surface area contributed by atoms with E-state index in [1.807, 2.05) is 17.0 Å². The molecule has 0 spiro atoms. The van der Waals surface area contributed by atoms with Gasteiger partial charge in [0, 0.05) is 30.9 Å². The van der Waals surface area contributed by atoms with Crippen molar-refractivity contribution in [1.29, 1.82) is 0 Å². The summed E-state index contributed by atoms with van der Waals surface area (Å²) >= 11 is 0. The molecule has 4 rings (SSSR count). The highest BCUT2D eigenvalue weighted by Gasteiger charge is 2.52. The molecule has 0 radical (unpaired) electrons. The first kappa shape index (κ1) is 18.6. The van der Waals surface area contributed by atoms with Gasteiger partial charge in [-0.25, -0.2) is 0 Å². The van der Waals surface area contributed by atoms with Crippen molar-refractivity contribution in [2.24, 2.45) is 0 Å². The summed E-state index contributed by atoms with van der Waals surface area (Å²) in [5.74, 6) is 0.125. The number of nitrogens with zero attached hydrogens (tertiary/aromatic N) is 1. The molecule has 3 aliphatic rings. The van der Waals surface area contributed by atoms with Gasteiger partial charge in [0.1, 0.15) is 0 Å². The third-order valence-electron chi connectivity index (χ3n) is 6.41. The van der Waals surface area contributed by atoms with Crippen LogP contribution in [0, 0.1) is 0 Å². The van der Waals surface area contributed by atoms with Gasteiger partial charge in [-0.15, -0.1) is 0 Å². The second-order valence-corrected chi connectivity index (χ2v) is 8.73. The van der Waals surface area contributed by atoms with Gasteiger partial charge in [0.2, 0.25) is 0 Å². The van der Waals surface area contributed by atoms with Gasteiger partial charge >= 0.3 is 7.12 Å². The standard InChI is InChI=1S/C21H29BN2O3/c1-20(2)21(3,4)27-22(26-20)15-10-13-24(14-11-15)19(25)17-7-5-9-18-16(17)8-6-12-23-18/h5,7,9-10,23H,6,8,11-14H2,1-4H3. The second-order valence-electron chi connectivity index (χ2n) is 8.73. The lowest BCUT2D eigenvalue weighted by atomic mass is 9.74. The minimum atomic E-state index is -0.332. The van der Waals surface area contributed by atoms with Gasteiger partial charge in [-0.3, -0.25) is 4.79 Å². The Balaban J connectivity index is 1.47. The number of nitrogens with one attached hydrogen (secondary N) is 1. The van der Waals surface area contributed by atoms with Crippen molar-refractivity contribution in [2.75, 3.05) is 25.0 Å². The number of amides is 1. The van der Waals surface area contributed by atoms with Crippen LogP contribution in [0.2, 0.25) is 0 Å². The Morgan fingerprint density at radius 1 is 1.15 bits per heavy atom. The third kappa shape index (κ3) is 3.30. The molecule has 1 N–H and O–H groups in total. The quantitative estimate of drug-likeness (QED) is 0.813. The van der Waals surface area contributed by atoms with Gasteiger partial charge in [0.15, 0.2) is 0 Å². The molecule has 0 saturated carbocycles. The average Bonchev–Trinajstić information content (AvgIpc) is 2.88. The lowest BCUT2D eigenvalue weighted by Crippen LogP contribution is -2.41. The van der Waals surface area contributed by atoms with Gasteiger partial charge in [0.25, 0.3) is 5.91 Å². The molecule has 0 atom stereocenters. The number of hydrogen-bond acceptors (Lipinski definition) is 4. The van der Waals surface area contributed by atoms with Gasteiger partial charge in [-0.05, 0) is 70.1 Å². The van der Waals surface area contributed by atoms with E-state index < -0.39 is 0 Å². The van der Waals surface area contributed by atoms with Gasteiger partial charge in [-0.2, -0.15) is 0 Å². The van der Waals surface area contributed by atoms with E-state index in [4.69, 9.17) is 9.31 Å². The van der Waals surface area contributed by atoms with Crippen molar-refractivity contribution >= 4 is 18.7 Å². The molecule has 0 bridgehead atoms. The summed E-state index contributed by atoms with van der Waals surface area (Å²) in [6.07, 6.45) is 4.93. The molecule has 1 aromatic rings. The highest BCUT2D eigenvalue weighted by Crippen LogP contribution is 2.39. The van der Waals surface area contributed by atoms with Gasteiger partial charge < -0.3 is 19.5 Å². The van der Waals surface area contributed by atoms with Crippen LogP contribution in [-0.2, 0) is 15.7 Å². The monoisotopic (exact) mass is 368 g/mol. The molecule has 6 heteroatoms. The molecule has 0 unspecified atom stereocenters. The first-order valence-electron chi connectivity index (χ1n) is 9.98. The molecule has 3 heterocycles. The molecule has 0 aromatic heterocycles. The largest absolute Gasteiger partial charge is 0.490 e. The molecule has 27 heavy (non-hydrogen) atoms. The minimum Gasteiger partial charge on any atom is -0.400 e.